The third kappa shape index (κ3) is 1.78. The molecular weight excluding hydrogens is 252 g/mol. The van der Waals surface area contributed by atoms with Gasteiger partial charge in [-0.15, -0.1) is 0 Å². The number of benzene rings is 2. The topological polar surface area (TPSA) is 46.5 Å². The molecule has 3 nitrogen and oxygen atoms in total. The largest absolute Gasteiger partial charge is 0.507 e. The van der Waals surface area contributed by atoms with E-state index in [2.05, 4.69) is 6.07 Å². The Labute approximate surface area is 117 Å². The fourth-order valence-corrected chi connectivity index (χ4v) is 3.01. The number of phenolic OH excluding ortho intramolecular Hbond substituents is 1. The number of ether oxygens (including phenoxy) is 1. The molecule has 1 aliphatic carbocycles. The number of carbonyl (C=O) groups excluding carboxylic acids is 1. The molecule has 0 aliphatic heterocycles. The van der Waals surface area contributed by atoms with Gasteiger partial charge in [-0.2, -0.15) is 0 Å². The van der Waals surface area contributed by atoms with Crippen molar-refractivity contribution in [2.45, 2.75) is 19.8 Å². The number of carbonyl (C=O) groups is 1. The Morgan fingerprint density at radius 2 is 2.00 bits per heavy atom. The Morgan fingerprint density at radius 3 is 2.75 bits per heavy atom. The molecule has 0 fully saturated rings. The van der Waals surface area contributed by atoms with E-state index in [1.54, 1.807) is 6.07 Å². The van der Waals surface area contributed by atoms with E-state index in [1.165, 1.54) is 12.7 Å². The second-order valence-corrected chi connectivity index (χ2v) is 5.09. The molecule has 3 rings (SSSR count). The molecule has 3 heteroatoms. The normalized spacial score (nSPS) is 12.5. The first kappa shape index (κ1) is 12.7. The maximum absolute atomic E-state index is 12.0. The molecule has 1 N–H and O–H groups in total. The summed E-state index contributed by atoms with van der Waals surface area (Å²) in [5, 5.41) is 10.2. The van der Waals surface area contributed by atoms with Crippen molar-refractivity contribution in [1.29, 1.82) is 0 Å². The van der Waals surface area contributed by atoms with E-state index in [1.807, 2.05) is 25.1 Å². The summed E-state index contributed by atoms with van der Waals surface area (Å²) in [7, 11) is 1.34. The molecule has 20 heavy (non-hydrogen) atoms. The highest BCUT2D eigenvalue weighted by Gasteiger charge is 2.27. The Hall–Kier alpha value is -2.29. The van der Waals surface area contributed by atoms with Gasteiger partial charge >= 0.3 is 5.97 Å². The van der Waals surface area contributed by atoms with Gasteiger partial charge in [0, 0.05) is 5.56 Å². The zero-order valence-corrected chi connectivity index (χ0v) is 11.6. The number of hydrogen-bond acceptors (Lipinski definition) is 3. The van der Waals surface area contributed by atoms with E-state index in [0.717, 1.165) is 35.1 Å². The van der Waals surface area contributed by atoms with Crippen molar-refractivity contribution in [3.8, 4) is 16.9 Å². The minimum atomic E-state index is -0.490. The first-order valence-corrected chi connectivity index (χ1v) is 6.65. The lowest BCUT2D eigenvalue weighted by atomic mass is 9.80. The molecule has 0 spiro atoms. The summed E-state index contributed by atoms with van der Waals surface area (Å²) in [5.74, 6) is -0.500. The van der Waals surface area contributed by atoms with Gasteiger partial charge in [0.2, 0.25) is 0 Å². The van der Waals surface area contributed by atoms with Crippen LogP contribution in [0.2, 0.25) is 0 Å². The van der Waals surface area contributed by atoms with Crippen LogP contribution in [-0.4, -0.2) is 18.2 Å². The Kier molecular flexibility index (Phi) is 2.97. The number of aromatic hydroxyl groups is 1. The van der Waals surface area contributed by atoms with Crippen molar-refractivity contribution in [3.63, 3.8) is 0 Å². The van der Waals surface area contributed by atoms with E-state index in [9.17, 15) is 9.90 Å². The lowest BCUT2D eigenvalue weighted by molar-refractivity contribution is 0.0598. The summed E-state index contributed by atoms with van der Waals surface area (Å²) in [6.45, 7) is 1.97. The van der Waals surface area contributed by atoms with E-state index >= 15 is 0 Å². The molecule has 1 aliphatic rings. The monoisotopic (exact) mass is 268 g/mol. The summed E-state index contributed by atoms with van der Waals surface area (Å²) in [4.78, 5) is 12.0. The third-order valence-electron chi connectivity index (χ3n) is 3.96. The molecular formula is C17H16O3. The standard InChI is InChI=1S/C17H16O3/c1-10-9-14(18)16(17(19)20-2)15-12(10)8-7-11-5-3-4-6-13(11)15/h3-6,9,18H,7-8H2,1-2H3. The average molecular weight is 268 g/mol. The van der Waals surface area contributed by atoms with Crippen molar-refractivity contribution in [2.75, 3.05) is 7.11 Å². The van der Waals surface area contributed by atoms with Crippen molar-refractivity contribution >= 4 is 5.97 Å². The summed E-state index contributed by atoms with van der Waals surface area (Å²) in [6, 6.07) is 9.67. The van der Waals surface area contributed by atoms with Crippen LogP contribution in [0.4, 0.5) is 0 Å². The van der Waals surface area contributed by atoms with Gasteiger partial charge in [-0.05, 0) is 48.1 Å². The zero-order valence-electron chi connectivity index (χ0n) is 11.6. The van der Waals surface area contributed by atoms with Crippen LogP contribution >= 0.6 is 0 Å². The van der Waals surface area contributed by atoms with E-state index in [4.69, 9.17) is 4.74 Å². The summed E-state index contributed by atoms with van der Waals surface area (Å²) in [6.07, 6.45) is 1.83. The van der Waals surface area contributed by atoms with Crippen molar-refractivity contribution in [3.05, 3.63) is 52.6 Å². The molecule has 2 aromatic carbocycles. The summed E-state index contributed by atoms with van der Waals surface area (Å²) in [5.41, 5.74) is 5.47. The maximum atomic E-state index is 12.0. The third-order valence-corrected chi connectivity index (χ3v) is 3.96. The second-order valence-electron chi connectivity index (χ2n) is 5.09. The van der Waals surface area contributed by atoms with Crippen molar-refractivity contribution < 1.29 is 14.6 Å². The maximum Gasteiger partial charge on any atom is 0.342 e. The molecule has 102 valence electrons. The van der Waals surface area contributed by atoms with Crippen LogP contribution in [0.25, 0.3) is 11.1 Å². The van der Waals surface area contributed by atoms with Crippen LogP contribution in [0.3, 0.4) is 0 Å². The molecule has 2 aromatic rings. The Morgan fingerprint density at radius 1 is 1.25 bits per heavy atom. The molecule has 0 atom stereocenters. The van der Waals surface area contributed by atoms with Gasteiger partial charge in [0.1, 0.15) is 11.3 Å². The first-order chi connectivity index (χ1) is 9.63. The number of methoxy groups -OCH3 is 1. The second kappa shape index (κ2) is 4.67. The van der Waals surface area contributed by atoms with Crippen LogP contribution in [0.15, 0.2) is 30.3 Å². The lowest BCUT2D eigenvalue weighted by Gasteiger charge is -2.24. The van der Waals surface area contributed by atoms with E-state index < -0.39 is 5.97 Å². The van der Waals surface area contributed by atoms with Gasteiger partial charge in [0.15, 0.2) is 0 Å². The highest BCUT2D eigenvalue weighted by Crippen LogP contribution is 2.41. The van der Waals surface area contributed by atoms with Crippen LogP contribution < -0.4 is 0 Å². The Balaban J connectivity index is 2.38. The minimum Gasteiger partial charge on any atom is -0.507 e. The van der Waals surface area contributed by atoms with E-state index in [0.29, 0.717) is 0 Å². The number of fused-ring (bicyclic) bond motifs is 3. The quantitative estimate of drug-likeness (QED) is 0.807. The SMILES string of the molecule is COC(=O)c1c(O)cc(C)c2c1-c1ccccc1CC2. The molecule has 0 radical (unpaired) electrons. The number of phenols is 1. The van der Waals surface area contributed by atoms with Crippen molar-refractivity contribution in [2.24, 2.45) is 0 Å². The van der Waals surface area contributed by atoms with Crippen LogP contribution in [-0.2, 0) is 17.6 Å². The van der Waals surface area contributed by atoms with Gasteiger partial charge in [-0.1, -0.05) is 24.3 Å². The van der Waals surface area contributed by atoms with Crippen LogP contribution in [0.5, 0.6) is 5.75 Å². The number of esters is 1. The fourth-order valence-electron chi connectivity index (χ4n) is 3.01. The molecule has 0 bridgehead atoms. The number of aryl methyl sites for hydroxylation is 2. The van der Waals surface area contributed by atoms with Crippen LogP contribution in [0.1, 0.15) is 27.0 Å². The summed E-state index contributed by atoms with van der Waals surface area (Å²) < 4.78 is 4.84. The molecule has 0 heterocycles. The smallest absolute Gasteiger partial charge is 0.342 e. The average Bonchev–Trinajstić information content (AvgIpc) is 2.46. The van der Waals surface area contributed by atoms with Crippen molar-refractivity contribution in [1.82, 2.24) is 0 Å². The predicted octanol–water partition coefficient (Wildman–Crippen LogP) is 3.25. The Bertz CT molecular complexity index is 702. The van der Waals surface area contributed by atoms with Gasteiger partial charge in [-0.25, -0.2) is 4.79 Å². The summed E-state index contributed by atoms with van der Waals surface area (Å²) >= 11 is 0. The molecule has 0 saturated carbocycles. The molecule has 0 saturated heterocycles. The highest BCUT2D eigenvalue weighted by atomic mass is 16.5. The van der Waals surface area contributed by atoms with Gasteiger partial charge in [0.25, 0.3) is 0 Å². The lowest BCUT2D eigenvalue weighted by Crippen LogP contribution is -2.12. The minimum absolute atomic E-state index is 0.00944. The number of rotatable bonds is 1. The van der Waals surface area contributed by atoms with Crippen LogP contribution in [0, 0.1) is 6.92 Å². The molecule has 0 aromatic heterocycles. The zero-order chi connectivity index (χ0) is 14.3. The first-order valence-electron chi connectivity index (χ1n) is 6.65. The predicted molar refractivity (Wildman–Crippen MR) is 77.0 cm³/mol. The fraction of sp³-hybridized carbons (Fsp3) is 0.235. The van der Waals surface area contributed by atoms with Gasteiger partial charge in [0.05, 0.1) is 7.11 Å². The molecule has 0 unspecified atom stereocenters. The molecule has 0 amide bonds. The van der Waals surface area contributed by atoms with E-state index in [-0.39, 0.29) is 11.3 Å². The van der Waals surface area contributed by atoms with Gasteiger partial charge < -0.3 is 9.84 Å². The van der Waals surface area contributed by atoms with Gasteiger partial charge in [-0.3, -0.25) is 0 Å². The number of hydrogen-bond donors (Lipinski definition) is 1. The highest BCUT2D eigenvalue weighted by molar-refractivity contribution is 6.02.